The van der Waals surface area contributed by atoms with Crippen LogP contribution in [0.25, 0.3) is 0 Å². The first-order valence-corrected chi connectivity index (χ1v) is 28.4. The van der Waals surface area contributed by atoms with Crippen molar-refractivity contribution in [1.29, 1.82) is 0 Å². The molecule has 1 amide bonds. The molecule has 0 aliphatic carbocycles. The number of carbonyl (C=O) groups is 1. The fraction of sp³-hybridized carbons (Fsp3) is 0.847. The zero-order valence-electron chi connectivity index (χ0n) is 42.6. The third-order valence-corrected chi connectivity index (χ3v) is 13.0. The van der Waals surface area contributed by atoms with Crippen LogP contribution in [0, 0.1) is 0 Å². The Hall–Kier alpha value is -1.65. The molecule has 0 aliphatic rings. The Labute approximate surface area is 394 Å². The molecule has 0 saturated heterocycles. The first kappa shape index (κ1) is 61.4. The number of nitrogens with one attached hydrogen (secondary N) is 1. The van der Waals surface area contributed by atoms with E-state index in [1.807, 2.05) is 6.08 Å². The van der Waals surface area contributed by atoms with Crippen LogP contribution in [-0.2, 0) is 4.79 Å². The van der Waals surface area contributed by atoms with E-state index < -0.39 is 12.1 Å². The minimum absolute atomic E-state index is 0.0718. The van der Waals surface area contributed by atoms with Crippen LogP contribution < -0.4 is 5.32 Å². The minimum Gasteiger partial charge on any atom is -0.394 e. The SMILES string of the molecule is CCCCCCCCCCC/C=C\C/C=C\CCCCCCCCCCCCCCCC(=O)NC(CO)C(O)/C=C/CC/C=C/CCCCCCCCCCCCCCCCCC. The number of carbonyl (C=O) groups excluding carboxylic acids is 1. The summed E-state index contributed by atoms with van der Waals surface area (Å²) in [5.74, 6) is -0.0718. The third-order valence-electron chi connectivity index (χ3n) is 13.0. The molecule has 3 N–H and O–H groups in total. The molecule has 0 spiro atoms. The topological polar surface area (TPSA) is 69.6 Å². The van der Waals surface area contributed by atoms with Crippen molar-refractivity contribution in [3.05, 3.63) is 48.6 Å². The van der Waals surface area contributed by atoms with E-state index in [0.717, 1.165) is 38.5 Å². The molecule has 4 heteroatoms. The quantitative estimate of drug-likeness (QED) is 0.0421. The van der Waals surface area contributed by atoms with Crippen LogP contribution in [0.5, 0.6) is 0 Å². The molecule has 0 saturated carbocycles. The Balaban J connectivity index is 3.52. The van der Waals surface area contributed by atoms with Crippen molar-refractivity contribution in [2.75, 3.05) is 6.61 Å². The standard InChI is InChI=1S/C59H111NO3/c1-3-5-7-9-11-13-15-17-19-21-23-25-27-28-29-30-31-32-33-35-37-39-41-43-45-47-49-51-53-55-59(63)60-57(56-61)58(62)54-52-50-48-46-44-42-40-38-36-34-26-24-22-20-18-16-14-12-10-8-6-4-2/h23,25,28-29,44,46,52,54,57-58,61-62H,3-22,24,26-27,30-43,45,47-51,53,55-56H2,1-2H3,(H,60,63)/b25-23-,29-28-,46-44+,54-52+. The van der Waals surface area contributed by atoms with Crippen molar-refractivity contribution in [1.82, 2.24) is 5.32 Å². The molecule has 0 aromatic heterocycles. The van der Waals surface area contributed by atoms with Gasteiger partial charge in [-0.15, -0.1) is 0 Å². The van der Waals surface area contributed by atoms with E-state index in [0.29, 0.717) is 6.42 Å². The monoisotopic (exact) mass is 882 g/mol. The molecular formula is C59H111NO3. The van der Waals surface area contributed by atoms with Crippen molar-refractivity contribution >= 4 is 5.91 Å². The van der Waals surface area contributed by atoms with Crippen LogP contribution in [0.3, 0.4) is 0 Å². The number of hydrogen-bond donors (Lipinski definition) is 3. The second-order valence-corrected chi connectivity index (χ2v) is 19.3. The Kier molecular flexibility index (Phi) is 53.3. The molecule has 0 aliphatic heterocycles. The first-order valence-electron chi connectivity index (χ1n) is 28.4. The van der Waals surface area contributed by atoms with Gasteiger partial charge in [-0.05, 0) is 64.2 Å². The summed E-state index contributed by atoms with van der Waals surface area (Å²) < 4.78 is 0. The van der Waals surface area contributed by atoms with Gasteiger partial charge < -0.3 is 15.5 Å². The number of aliphatic hydroxyl groups is 2. The lowest BCUT2D eigenvalue weighted by atomic mass is 10.0. The van der Waals surface area contributed by atoms with Crippen LogP contribution in [0.15, 0.2) is 48.6 Å². The number of unbranched alkanes of at least 4 members (excludes halogenated alkanes) is 39. The molecule has 0 aromatic rings. The number of aliphatic hydroxyl groups excluding tert-OH is 2. The van der Waals surface area contributed by atoms with Gasteiger partial charge in [-0.25, -0.2) is 0 Å². The van der Waals surface area contributed by atoms with E-state index >= 15 is 0 Å². The average molecular weight is 883 g/mol. The third kappa shape index (κ3) is 51.2. The Morgan fingerprint density at radius 2 is 0.667 bits per heavy atom. The van der Waals surface area contributed by atoms with Crippen molar-refractivity contribution in [2.24, 2.45) is 0 Å². The maximum absolute atomic E-state index is 12.5. The summed E-state index contributed by atoms with van der Waals surface area (Å²) in [7, 11) is 0. The largest absolute Gasteiger partial charge is 0.394 e. The Bertz CT molecular complexity index is 1000. The highest BCUT2D eigenvalue weighted by atomic mass is 16.3. The molecule has 63 heavy (non-hydrogen) atoms. The molecule has 0 radical (unpaired) electrons. The summed E-state index contributed by atoms with van der Waals surface area (Å²) in [4.78, 5) is 12.5. The zero-order chi connectivity index (χ0) is 45.6. The number of hydrogen-bond acceptors (Lipinski definition) is 3. The molecule has 2 unspecified atom stereocenters. The molecule has 0 heterocycles. The second kappa shape index (κ2) is 54.7. The average Bonchev–Trinajstić information content (AvgIpc) is 3.29. The number of amides is 1. The lowest BCUT2D eigenvalue weighted by molar-refractivity contribution is -0.123. The fourth-order valence-corrected chi connectivity index (χ4v) is 8.70. The smallest absolute Gasteiger partial charge is 0.220 e. The van der Waals surface area contributed by atoms with E-state index in [4.69, 9.17) is 0 Å². The van der Waals surface area contributed by atoms with Crippen LogP contribution in [0.1, 0.15) is 303 Å². The summed E-state index contributed by atoms with van der Waals surface area (Å²) in [5.41, 5.74) is 0. The van der Waals surface area contributed by atoms with Gasteiger partial charge in [0.1, 0.15) is 0 Å². The molecule has 2 atom stereocenters. The van der Waals surface area contributed by atoms with Crippen LogP contribution in [0.4, 0.5) is 0 Å². The molecule has 0 aromatic carbocycles. The molecule has 0 rings (SSSR count). The number of rotatable bonds is 52. The van der Waals surface area contributed by atoms with Gasteiger partial charge in [-0.2, -0.15) is 0 Å². The fourth-order valence-electron chi connectivity index (χ4n) is 8.70. The molecular weight excluding hydrogens is 771 g/mol. The van der Waals surface area contributed by atoms with Crippen LogP contribution in [-0.4, -0.2) is 34.9 Å². The maximum atomic E-state index is 12.5. The summed E-state index contributed by atoms with van der Waals surface area (Å²) in [5, 5.41) is 23.1. The van der Waals surface area contributed by atoms with E-state index in [1.165, 1.54) is 244 Å². The van der Waals surface area contributed by atoms with Crippen molar-refractivity contribution in [2.45, 2.75) is 315 Å². The highest BCUT2D eigenvalue weighted by Gasteiger charge is 2.18. The normalized spacial score (nSPS) is 13.1. The van der Waals surface area contributed by atoms with Gasteiger partial charge in [0.15, 0.2) is 0 Å². The summed E-state index contributed by atoms with van der Waals surface area (Å²) in [6.45, 7) is 4.32. The molecule has 4 nitrogen and oxygen atoms in total. The van der Waals surface area contributed by atoms with Gasteiger partial charge in [-0.3, -0.25) is 4.79 Å². The lowest BCUT2D eigenvalue weighted by Gasteiger charge is -2.19. The first-order chi connectivity index (χ1) is 31.2. The number of allylic oxidation sites excluding steroid dienone is 7. The van der Waals surface area contributed by atoms with Gasteiger partial charge >= 0.3 is 0 Å². The minimum atomic E-state index is -0.864. The Morgan fingerprint density at radius 3 is 1.02 bits per heavy atom. The van der Waals surface area contributed by atoms with Crippen molar-refractivity contribution in [3.63, 3.8) is 0 Å². The van der Waals surface area contributed by atoms with Gasteiger partial charge in [0.05, 0.1) is 18.8 Å². The summed E-state index contributed by atoms with van der Waals surface area (Å²) in [6, 6.07) is -0.641. The van der Waals surface area contributed by atoms with E-state index in [1.54, 1.807) is 6.08 Å². The van der Waals surface area contributed by atoms with Crippen molar-refractivity contribution in [3.8, 4) is 0 Å². The van der Waals surface area contributed by atoms with Gasteiger partial charge in [0.25, 0.3) is 0 Å². The highest BCUT2D eigenvalue weighted by molar-refractivity contribution is 5.76. The Morgan fingerprint density at radius 1 is 0.381 bits per heavy atom. The van der Waals surface area contributed by atoms with E-state index in [2.05, 4.69) is 55.6 Å². The van der Waals surface area contributed by atoms with E-state index in [9.17, 15) is 15.0 Å². The summed E-state index contributed by atoms with van der Waals surface area (Å²) >= 11 is 0. The predicted octanol–water partition coefficient (Wildman–Crippen LogP) is 18.6. The second-order valence-electron chi connectivity index (χ2n) is 19.3. The summed E-state index contributed by atoms with van der Waals surface area (Å²) in [6.07, 6.45) is 75.6. The molecule has 0 fully saturated rings. The molecule has 0 bridgehead atoms. The van der Waals surface area contributed by atoms with Crippen LogP contribution in [0.2, 0.25) is 0 Å². The highest BCUT2D eigenvalue weighted by Crippen LogP contribution is 2.16. The van der Waals surface area contributed by atoms with Crippen molar-refractivity contribution < 1.29 is 15.0 Å². The van der Waals surface area contributed by atoms with Crippen LogP contribution >= 0.6 is 0 Å². The maximum Gasteiger partial charge on any atom is 0.220 e. The molecule has 370 valence electrons. The van der Waals surface area contributed by atoms with Gasteiger partial charge in [-0.1, -0.05) is 281 Å². The van der Waals surface area contributed by atoms with Gasteiger partial charge in [0, 0.05) is 6.42 Å². The lowest BCUT2D eigenvalue weighted by Crippen LogP contribution is -2.45. The van der Waals surface area contributed by atoms with E-state index in [-0.39, 0.29) is 12.5 Å². The zero-order valence-corrected chi connectivity index (χ0v) is 42.6. The predicted molar refractivity (Wildman–Crippen MR) is 281 cm³/mol. The van der Waals surface area contributed by atoms with Gasteiger partial charge in [0.2, 0.25) is 5.91 Å².